The van der Waals surface area contributed by atoms with Crippen LogP contribution >= 0.6 is 0 Å². The van der Waals surface area contributed by atoms with Crippen molar-refractivity contribution in [3.05, 3.63) is 35.4 Å². The van der Waals surface area contributed by atoms with E-state index in [-0.39, 0.29) is 13.1 Å². The van der Waals surface area contributed by atoms with Crippen LogP contribution in [0.15, 0.2) is 24.3 Å². The number of rotatable bonds is 5. The molecular weight excluding hydrogens is 326 g/mol. The molecule has 1 aromatic rings. The van der Waals surface area contributed by atoms with E-state index in [2.05, 4.69) is 5.32 Å². The Morgan fingerprint density at radius 2 is 1.76 bits per heavy atom. The largest absolute Gasteiger partial charge is 0.448 e. The number of ether oxygens (including phenoxy) is 1. The number of nitrogens with one attached hydrogen (secondary N) is 1. The van der Waals surface area contributed by atoms with Crippen molar-refractivity contribution in [3.8, 4) is 0 Å². The quantitative estimate of drug-likeness (QED) is 0.790. The molecule has 8 nitrogen and oxygen atoms in total. The minimum Gasteiger partial charge on any atom is -0.448 e. The molecule has 0 unspecified atom stereocenters. The van der Waals surface area contributed by atoms with Gasteiger partial charge in [0.15, 0.2) is 0 Å². The summed E-state index contributed by atoms with van der Waals surface area (Å²) >= 11 is 0. The van der Waals surface area contributed by atoms with Gasteiger partial charge in [0, 0.05) is 6.54 Å². The molecule has 132 valence electrons. The first kappa shape index (κ1) is 16.9. The zero-order valence-electron chi connectivity index (χ0n) is 14.1. The number of amides is 4. The molecule has 3 rings (SSSR count). The van der Waals surface area contributed by atoms with Gasteiger partial charge < -0.3 is 10.1 Å². The third kappa shape index (κ3) is 3.07. The highest BCUT2D eigenvalue weighted by molar-refractivity contribution is 6.22. The Balaban J connectivity index is 1.59. The number of carbonyl (C=O) groups is 4. The second-order valence-corrected chi connectivity index (χ2v) is 6.60. The van der Waals surface area contributed by atoms with Crippen molar-refractivity contribution in [1.82, 2.24) is 15.1 Å². The van der Waals surface area contributed by atoms with Gasteiger partial charge in [0.05, 0.1) is 23.2 Å². The topological polar surface area (TPSA) is 96.0 Å². The molecule has 0 spiro atoms. The molecule has 1 aromatic carbocycles. The highest BCUT2D eigenvalue weighted by Crippen LogP contribution is 2.22. The summed E-state index contributed by atoms with van der Waals surface area (Å²) in [5.41, 5.74) is -0.0218. The van der Waals surface area contributed by atoms with Crippen LogP contribution < -0.4 is 5.32 Å². The van der Waals surface area contributed by atoms with Crippen molar-refractivity contribution in [3.63, 3.8) is 0 Å². The molecule has 0 radical (unpaired) electrons. The Kier molecular flexibility index (Phi) is 4.20. The summed E-state index contributed by atoms with van der Waals surface area (Å²) in [6, 6.07) is 6.47. The first-order valence-electron chi connectivity index (χ1n) is 7.97. The van der Waals surface area contributed by atoms with Gasteiger partial charge in [-0.15, -0.1) is 0 Å². The summed E-state index contributed by atoms with van der Waals surface area (Å²) in [4.78, 5) is 50.8. The Hall–Kier alpha value is -2.90. The maximum Gasteiger partial charge on any atom is 0.410 e. The summed E-state index contributed by atoms with van der Waals surface area (Å²) in [6.45, 7) is 4.23. The predicted octanol–water partition coefficient (Wildman–Crippen LogP) is 0.630. The van der Waals surface area contributed by atoms with Crippen molar-refractivity contribution >= 4 is 23.8 Å². The van der Waals surface area contributed by atoms with Gasteiger partial charge in [-0.1, -0.05) is 12.1 Å². The van der Waals surface area contributed by atoms with Gasteiger partial charge in [-0.25, -0.2) is 4.79 Å². The lowest BCUT2D eigenvalue weighted by atomic mass is 10.0. The average molecular weight is 345 g/mol. The molecule has 0 aromatic heterocycles. The van der Waals surface area contributed by atoms with Crippen LogP contribution in [0.2, 0.25) is 0 Å². The fraction of sp³-hybridized carbons (Fsp3) is 0.412. The molecule has 2 heterocycles. The maximum absolute atomic E-state index is 12.3. The number of carbonyl (C=O) groups excluding carboxylic acids is 4. The van der Waals surface area contributed by atoms with Crippen LogP contribution in [0.1, 0.15) is 34.6 Å². The van der Waals surface area contributed by atoms with Crippen LogP contribution in [-0.2, 0) is 9.53 Å². The lowest BCUT2D eigenvalue weighted by Gasteiger charge is -2.33. The van der Waals surface area contributed by atoms with E-state index in [9.17, 15) is 19.2 Å². The van der Waals surface area contributed by atoms with Crippen LogP contribution in [0.4, 0.5) is 4.79 Å². The van der Waals surface area contributed by atoms with E-state index in [1.54, 1.807) is 24.3 Å². The van der Waals surface area contributed by atoms with Crippen LogP contribution in [0.25, 0.3) is 0 Å². The van der Waals surface area contributed by atoms with Gasteiger partial charge >= 0.3 is 6.09 Å². The molecule has 4 amide bonds. The zero-order chi connectivity index (χ0) is 18.2. The van der Waals surface area contributed by atoms with E-state index in [1.165, 1.54) is 4.90 Å². The van der Waals surface area contributed by atoms with Crippen molar-refractivity contribution in [2.24, 2.45) is 0 Å². The second-order valence-electron chi connectivity index (χ2n) is 6.60. The third-order valence-corrected chi connectivity index (χ3v) is 4.39. The number of cyclic esters (lactones) is 1. The normalized spacial score (nSPS) is 17.0. The highest BCUT2D eigenvalue weighted by atomic mass is 16.6. The number of nitrogens with zero attached hydrogens (tertiary/aromatic N) is 2. The maximum atomic E-state index is 12.3. The molecule has 25 heavy (non-hydrogen) atoms. The Morgan fingerprint density at radius 3 is 2.28 bits per heavy atom. The molecule has 1 N–H and O–H groups in total. The van der Waals surface area contributed by atoms with E-state index in [0.717, 1.165) is 4.90 Å². The zero-order valence-corrected chi connectivity index (χ0v) is 14.1. The standard InChI is InChI=1S/C17H19N3O5/c1-17(2,20-7-8-25-16(20)24)10-18-13(21)9-19-14(22)11-5-3-4-6-12(11)15(19)23/h3-6H,7-10H2,1-2H3,(H,18,21). The third-order valence-electron chi connectivity index (χ3n) is 4.39. The molecule has 1 fully saturated rings. The van der Waals surface area contributed by atoms with E-state index in [1.807, 2.05) is 13.8 Å². The van der Waals surface area contributed by atoms with E-state index in [0.29, 0.717) is 24.3 Å². The molecule has 0 saturated carbocycles. The minimum absolute atomic E-state index is 0.185. The van der Waals surface area contributed by atoms with Crippen LogP contribution in [0, 0.1) is 0 Å². The lowest BCUT2D eigenvalue weighted by molar-refractivity contribution is -0.121. The molecule has 0 bridgehead atoms. The molecule has 2 aliphatic heterocycles. The second kappa shape index (κ2) is 6.19. The van der Waals surface area contributed by atoms with Gasteiger partial charge in [-0.05, 0) is 26.0 Å². The molecule has 1 saturated heterocycles. The van der Waals surface area contributed by atoms with Crippen molar-refractivity contribution in [2.75, 3.05) is 26.2 Å². The van der Waals surface area contributed by atoms with Crippen LogP contribution in [0.3, 0.4) is 0 Å². The van der Waals surface area contributed by atoms with Gasteiger partial charge in [0.1, 0.15) is 13.2 Å². The first-order valence-corrected chi connectivity index (χ1v) is 7.97. The van der Waals surface area contributed by atoms with Crippen molar-refractivity contribution < 1.29 is 23.9 Å². The van der Waals surface area contributed by atoms with Crippen LogP contribution in [0.5, 0.6) is 0 Å². The molecular formula is C17H19N3O5. The van der Waals surface area contributed by atoms with Gasteiger partial charge in [-0.3, -0.25) is 24.2 Å². The molecule has 0 aliphatic carbocycles. The highest BCUT2D eigenvalue weighted by Gasteiger charge is 2.38. The van der Waals surface area contributed by atoms with Crippen molar-refractivity contribution in [2.45, 2.75) is 19.4 Å². The monoisotopic (exact) mass is 345 g/mol. The summed E-state index contributed by atoms with van der Waals surface area (Å²) in [7, 11) is 0. The fourth-order valence-corrected chi connectivity index (χ4v) is 2.94. The SMILES string of the molecule is CC(C)(CNC(=O)CN1C(=O)c2ccccc2C1=O)N1CCOC1=O. The van der Waals surface area contributed by atoms with Crippen molar-refractivity contribution in [1.29, 1.82) is 0 Å². The Labute approximate surface area is 144 Å². The molecule has 2 aliphatic rings. The van der Waals surface area contributed by atoms with Gasteiger partial charge in [0.25, 0.3) is 11.8 Å². The number of hydrogen-bond donors (Lipinski definition) is 1. The minimum atomic E-state index is -0.634. The predicted molar refractivity (Wildman–Crippen MR) is 87.0 cm³/mol. The Morgan fingerprint density at radius 1 is 1.16 bits per heavy atom. The van der Waals surface area contributed by atoms with Gasteiger partial charge in [-0.2, -0.15) is 0 Å². The Bertz CT molecular complexity index is 723. The van der Waals surface area contributed by atoms with E-state index < -0.39 is 29.4 Å². The first-order chi connectivity index (χ1) is 11.8. The number of hydrogen-bond acceptors (Lipinski definition) is 5. The summed E-state index contributed by atoms with van der Waals surface area (Å²) < 4.78 is 4.91. The number of benzene rings is 1. The summed E-state index contributed by atoms with van der Waals surface area (Å²) in [5.74, 6) is -1.41. The summed E-state index contributed by atoms with van der Waals surface area (Å²) in [5, 5.41) is 2.68. The molecule has 8 heteroatoms. The van der Waals surface area contributed by atoms with E-state index >= 15 is 0 Å². The number of imide groups is 1. The number of fused-ring (bicyclic) bond motifs is 1. The average Bonchev–Trinajstić information content (AvgIpc) is 3.12. The smallest absolute Gasteiger partial charge is 0.410 e. The van der Waals surface area contributed by atoms with E-state index in [4.69, 9.17) is 4.74 Å². The fourth-order valence-electron chi connectivity index (χ4n) is 2.94. The van der Waals surface area contributed by atoms with Crippen LogP contribution in [-0.4, -0.2) is 65.4 Å². The summed E-state index contributed by atoms with van der Waals surface area (Å²) in [6.07, 6.45) is -0.417. The van der Waals surface area contributed by atoms with Gasteiger partial charge in [0.2, 0.25) is 5.91 Å². The molecule has 0 atom stereocenters. The lowest BCUT2D eigenvalue weighted by Crippen LogP contribution is -2.53.